The molecule has 5 heteroatoms. The standard InChI is InChI=1S/C14H10N2O3/c1-15-12-4-8-14(9-5-12)19-10-11-2-6-13(7-3-11)16(17)18/h2-9H,10H2. The quantitative estimate of drug-likeness (QED) is 0.474. The van der Waals surface area contributed by atoms with Crippen LogP contribution in [0.15, 0.2) is 48.5 Å². The van der Waals surface area contributed by atoms with Crippen LogP contribution in [0.1, 0.15) is 5.56 Å². The lowest BCUT2D eigenvalue weighted by Gasteiger charge is -2.06. The Morgan fingerprint density at radius 1 is 1.11 bits per heavy atom. The molecule has 0 bridgehead atoms. The first-order chi connectivity index (χ1) is 9.19. The van der Waals surface area contributed by atoms with Gasteiger partial charge in [-0.2, -0.15) is 0 Å². The third-order valence-corrected chi connectivity index (χ3v) is 2.52. The van der Waals surface area contributed by atoms with Gasteiger partial charge in [-0.3, -0.25) is 10.1 Å². The first-order valence-electron chi connectivity index (χ1n) is 5.53. The Morgan fingerprint density at radius 2 is 1.74 bits per heavy atom. The number of rotatable bonds is 4. The third-order valence-electron chi connectivity index (χ3n) is 2.52. The van der Waals surface area contributed by atoms with E-state index >= 15 is 0 Å². The SMILES string of the molecule is [C-]#[N+]c1ccc(OCc2ccc([N+](=O)[O-])cc2)cc1. The number of nitrogens with zero attached hydrogens (tertiary/aromatic N) is 2. The highest BCUT2D eigenvalue weighted by Gasteiger charge is 2.04. The summed E-state index contributed by atoms with van der Waals surface area (Å²) in [6.45, 7) is 7.16. The molecular formula is C14H10N2O3. The fourth-order valence-corrected chi connectivity index (χ4v) is 1.50. The van der Waals surface area contributed by atoms with E-state index in [-0.39, 0.29) is 5.69 Å². The Labute approximate surface area is 110 Å². The van der Waals surface area contributed by atoms with Crippen LogP contribution in [0.4, 0.5) is 11.4 Å². The zero-order valence-corrected chi connectivity index (χ0v) is 9.95. The number of ether oxygens (including phenoxy) is 1. The first-order valence-corrected chi connectivity index (χ1v) is 5.53. The summed E-state index contributed by atoms with van der Waals surface area (Å²) in [5.74, 6) is 0.658. The molecule has 19 heavy (non-hydrogen) atoms. The van der Waals surface area contributed by atoms with Crippen molar-refractivity contribution >= 4 is 11.4 Å². The molecule has 0 N–H and O–H groups in total. The Morgan fingerprint density at radius 3 is 2.26 bits per heavy atom. The summed E-state index contributed by atoms with van der Waals surface area (Å²) < 4.78 is 5.52. The number of non-ortho nitro benzene ring substituents is 1. The molecule has 0 aliphatic heterocycles. The minimum absolute atomic E-state index is 0.0603. The zero-order valence-electron chi connectivity index (χ0n) is 9.95. The number of nitro benzene ring substituents is 1. The highest BCUT2D eigenvalue weighted by molar-refractivity contribution is 5.47. The molecule has 0 aliphatic carbocycles. The van der Waals surface area contributed by atoms with Crippen LogP contribution >= 0.6 is 0 Å². The number of hydrogen-bond donors (Lipinski definition) is 0. The Bertz CT molecular complexity index is 613. The molecule has 0 aromatic heterocycles. The summed E-state index contributed by atoms with van der Waals surface area (Å²) in [4.78, 5) is 13.4. The minimum Gasteiger partial charge on any atom is -0.489 e. The fourth-order valence-electron chi connectivity index (χ4n) is 1.50. The maximum absolute atomic E-state index is 10.5. The summed E-state index contributed by atoms with van der Waals surface area (Å²) in [5.41, 5.74) is 1.47. The minimum atomic E-state index is -0.437. The van der Waals surface area contributed by atoms with Gasteiger partial charge in [-0.05, 0) is 29.8 Å². The first kappa shape index (κ1) is 12.6. The van der Waals surface area contributed by atoms with Gasteiger partial charge in [0.15, 0.2) is 5.69 Å². The lowest BCUT2D eigenvalue weighted by atomic mass is 10.2. The summed E-state index contributed by atoms with van der Waals surface area (Å²) in [7, 11) is 0. The van der Waals surface area contributed by atoms with Crippen LogP contribution in [0.3, 0.4) is 0 Å². The predicted molar refractivity (Wildman–Crippen MR) is 70.1 cm³/mol. The van der Waals surface area contributed by atoms with E-state index in [1.165, 1.54) is 12.1 Å². The predicted octanol–water partition coefficient (Wildman–Crippen LogP) is 3.72. The molecule has 0 spiro atoms. The van der Waals surface area contributed by atoms with Crippen LogP contribution in [0.2, 0.25) is 0 Å². The topological polar surface area (TPSA) is 56.7 Å². The highest BCUT2D eigenvalue weighted by Crippen LogP contribution is 2.19. The molecule has 0 saturated carbocycles. The van der Waals surface area contributed by atoms with Crippen LogP contribution < -0.4 is 4.74 Å². The van der Waals surface area contributed by atoms with Crippen molar-refractivity contribution in [1.29, 1.82) is 0 Å². The van der Waals surface area contributed by atoms with Crippen LogP contribution in [0.25, 0.3) is 4.85 Å². The normalized spacial score (nSPS) is 9.63. The molecule has 5 nitrogen and oxygen atoms in total. The highest BCUT2D eigenvalue weighted by atomic mass is 16.6. The van der Waals surface area contributed by atoms with E-state index < -0.39 is 4.92 Å². The smallest absolute Gasteiger partial charge is 0.269 e. The van der Waals surface area contributed by atoms with E-state index in [9.17, 15) is 10.1 Å². The van der Waals surface area contributed by atoms with E-state index in [4.69, 9.17) is 11.3 Å². The molecule has 0 saturated heterocycles. The van der Waals surface area contributed by atoms with Gasteiger partial charge in [0, 0.05) is 12.1 Å². The molecule has 0 amide bonds. The summed E-state index contributed by atoms with van der Waals surface area (Å²) in [5, 5.41) is 10.5. The average molecular weight is 254 g/mol. The van der Waals surface area contributed by atoms with Crippen molar-refractivity contribution in [3.05, 3.63) is 75.6 Å². The molecule has 2 aromatic rings. The largest absolute Gasteiger partial charge is 0.489 e. The van der Waals surface area contributed by atoms with Gasteiger partial charge in [0.25, 0.3) is 5.69 Å². The van der Waals surface area contributed by atoms with Crippen molar-refractivity contribution in [3.63, 3.8) is 0 Å². The molecule has 0 heterocycles. The molecule has 0 atom stereocenters. The van der Waals surface area contributed by atoms with Crippen LogP contribution in [-0.2, 0) is 6.61 Å². The van der Waals surface area contributed by atoms with Gasteiger partial charge in [-0.1, -0.05) is 12.1 Å². The van der Waals surface area contributed by atoms with E-state index in [0.29, 0.717) is 18.0 Å². The second kappa shape index (κ2) is 5.65. The van der Waals surface area contributed by atoms with E-state index in [1.807, 2.05) is 0 Å². The molecule has 2 aromatic carbocycles. The van der Waals surface area contributed by atoms with Crippen molar-refractivity contribution in [1.82, 2.24) is 0 Å². The van der Waals surface area contributed by atoms with Gasteiger partial charge in [0.05, 0.1) is 11.5 Å². The van der Waals surface area contributed by atoms with Crippen molar-refractivity contribution in [2.24, 2.45) is 0 Å². The van der Waals surface area contributed by atoms with Crippen LogP contribution in [-0.4, -0.2) is 4.92 Å². The maximum Gasteiger partial charge on any atom is 0.269 e. The fraction of sp³-hybridized carbons (Fsp3) is 0.0714. The maximum atomic E-state index is 10.5. The molecular weight excluding hydrogens is 244 g/mol. The van der Waals surface area contributed by atoms with Gasteiger partial charge in [0.2, 0.25) is 0 Å². The molecule has 2 rings (SSSR count). The summed E-state index contributed by atoms with van der Waals surface area (Å²) in [6.07, 6.45) is 0. The third kappa shape index (κ3) is 3.30. The Kier molecular flexibility index (Phi) is 3.74. The molecule has 0 radical (unpaired) electrons. The summed E-state index contributed by atoms with van der Waals surface area (Å²) in [6, 6.07) is 13.0. The van der Waals surface area contributed by atoms with Crippen molar-refractivity contribution in [2.45, 2.75) is 6.61 Å². The van der Waals surface area contributed by atoms with Gasteiger partial charge in [-0.25, -0.2) is 4.85 Å². The van der Waals surface area contributed by atoms with Crippen LogP contribution in [0, 0.1) is 16.7 Å². The molecule has 0 aliphatic rings. The second-order valence-electron chi connectivity index (χ2n) is 3.82. The number of benzene rings is 2. The average Bonchev–Trinajstić information content (AvgIpc) is 2.46. The van der Waals surface area contributed by atoms with Crippen LogP contribution in [0.5, 0.6) is 5.75 Å². The van der Waals surface area contributed by atoms with E-state index in [1.54, 1.807) is 36.4 Å². The van der Waals surface area contributed by atoms with Gasteiger partial charge in [0.1, 0.15) is 12.4 Å². The monoisotopic (exact) mass is 254 g/mol. The van der Waals surface area contributed by atoms with E-state index in [0.717, 1.165) is 5.56 Å². The molecule has 0 fully saturated rings. The summed E-state index contributed by atoms with van der Waals surface area (Å²) >= 11 is 0. The van der Waals surface area contributed by atoms with E-state index in [2.05, 4.69) is 4.85 Å². The van der Waals surface area contributed by atoms with Gasteiger partial charge < -0.3 is 4.74 Å². The Hall–Kier alpha value is -2.87. The molecule has 94 valence electrons. The second-order valence-corrected chi connectivity index (χ2v) is 3.82. The zero-order chi connectivity index (χ0) is 13.7. The van der Waals surface area contributed by atoms with Gasteiger partial charge >= 0.3 is 0 Å². The van der Waals surface area contributed by atoms with Crippen molar-refractivity contribution in [3.8, 4) is 5.75 Å². The Balaban J connectivity index is 1.98. The van der Waals surface area contributed by atoms with Gasteiger partial charge in [-0.15, -0.1) is 0 Å². The van der Waals surface area contributed by atoms with Crippen molar-refractivity contribution < 1.29 is 9.66 Å². The molecule has 0 unspecified atom stereocenters. The van der Waals surface area contributed by atoms with Crippen molar-refractivity contribution in [2.75, 3.05) is 0 Å². The lowest BCUT2D eigenvalue weighted by molar-refractivity contribution is -0.384. The number of hydrogen-bond acceptors (Lipinski definition) is 3. The lowest BCUT2D eigenvalue weighted by Crippen LogP contribution is -1.95. The number of nitro groups is 1.